The number of carbonyl (C=O) groups is 1. The van der Waals surface area contributed by atoms with Gasteiger partial charge in [-0.25, -0.2) is 0 Å². The number of hydrogen-bond acceptors (Lipinski definition) is 4. The molecule has 0 radical (unpaired) electrons. The number of benzene rings is 2. The van der Waals surface area contributed by atoms with Crippen molar-refractivity contribution in [1.82, 2.24) is 19.7 Å². The number of nitrogens with zero attached hydrogens (tertiary/aromatic N) is 4. The van der Waals surface area contributed by atoms with Crippen LogP contribution < -0.4 is 0 Å². The van der Waals surface area contributed by atoms with E-state index in [-0.39, 0.29) is 11.4 Å². The summed E-state index contributed by atoms with van der Waals surface area (Å²) < 4.78 is 2.21. The van der Waals surface area contributed by atoms with Gasteiger partial charge in [0.15, 0.2) is 11.0 Å². The lowest BCUT2D eigenvalue weighted by Gasteiger charge is -2.34. The molecule has 0 unspecified atom stereocenters. The second-order valence-corrected chi connectivity index (χ2v) is 9.35. The van der Waals surface area contributed by atoms with E-state index in [4.69, 9.17) is 0 Å². The third-order valence-corrected chi connectivity index (χ3v) is 6.84. The molecule has 0 N–H and O–H groups in total. The fraction of sp³-hybridized carbons (Fsp3) is 0.348. The van der Waals surface area contributed by atoms with Crippen LogP contribution in [0.2, 0.25) is 0 Å². The van der Waals surface area contributed by atoms with Gasteiger partial charge in [0, 0.05) is 24.2 Å². The maximum absolute atomic E-state index is 12.9. The smallest absolute Gasteiger partial charge is 0.233 e. The first kappa shape index (κ1) is 18.4. The third kappa shape index (κ3) is 3.25. The van der Waals surface area contributed by atoms with Crippen molar-refractivity contribution in [2.75, 3.05) is 12.3 Å². The average Bonchev–Trinajstić information content (AvgIpc) is 3.17. The van der Waals surface area contributed by atoms with Gasteiger partial charge >= 0.3 is 0 Å². The van der Waals surface area contributed by atoms with Crippen molar-refractivity contribution >= 4 is 17.7 Å². The number of aromatic nitrogens is 3. The Morgan fingerprint density at radius 1 is 1.03 bits per heavy atom. The Labute approximate surface area is 175 Å². The van der Waals surface area contributed by atoms with Crippen LogP contribution >= 0.6 is 11.8 Å². The molecule has 3 heterocycles. The standard InChI is InChI=1S/C23H24N4OS/c1-23(2)13-17-8-5-6-10-19(17)21-24-25-22(27(21)23)29-15-20(28)26-12-11-16-7-3-4-9-18(16)14-26/h3-10H,11-15H2,1-2H3. The van der Waals surface area contributed by atoms with Crippen LogP contribution in [0.15, 0.2) is 53.7 Å². The zero-order chi connectivity index (χ0) is 20.0. The van der Waals surface area contributed by atoms with Crippen molar-refractivity contribution in [3.63, 3.8) is 0 Å². The SMILES string of the molecule is CC1(C)Cc2ccccc2-c2nnc(SCC(=O)N3CCc4ccccc4C3)n21. The van der Waals surface area contributed by atoms with E-state index in [1.54, 1.807) is 0 Å². The monoisotopic (exact) mass is 404 g/mol. The summed E-state index contributed by atoms with van der Waals surface area (Å²) in [6.07, 6.45) is 1.86. The number of hydrogen-bond donors (Lipinski definition) is 0. The molecule has 5 nitrogen and oxygen atoms in total. The van der Waals surface area contributed by atoms with Gasteiger partial charge in [-0.05, 0) is 43.4 Å². The van der Waals surface area contributed by atoms with E-state index >= 15 is 0 Å². The van der Waals surface area contributed by atoms with Crippen LogP contribution in [0.5, 0.6) is 0 Å². The molecule has 2 aromatic carbocycles. The van der Waals surface area contributed by atoms with E-state index in [9.17, 15) is 4.79 Å². The first-order valence-electron chi connectivity index (χ1n) is 10.0. The molecule has 1 amide bonds. The number of thioether (sulfide) groups is 1. The van der Waals surface area contributed by atoms with Gasteiger partial charge < -0.3 is 4.90 Å². The first-order chi connectivity index (χ1) is 14.0. The van der Waals surface area contributed by atoms with Crippen LogP contribution in [-0.4, -0.2) is 37.9 Å². The number of fused-ring (bicyclic) bond motifs is 4. The lowest BCUT2D eigenvalue weighted by molar-refractivity contribution is -0.129. The minimum atomic E-state index is -0.122. The molecule has 1 aromatic heterocycles. The minimum Gasteiger partial charge on any atom is -0.337 e. The molecular weight excluding hydrogens is 380 g/mol. The predicted molar refractivity (Wildman–Crippen MR) is 115 cm³/mol. The lowest BCUT2D eigenvalue weighted by atomic mass is 9.87. The predicted octanol–water partition coefficient (Wildman–Crippen LogP) is 3.91. The van der Waals surface area contributed by atoms with Crippen molar-refractivity contribution in [3.8, 4) is 11.4 Å². The molecule has 6 heteroatoms. The van der Waals surface area contributed by atoms with Gasteiger partial charge in [-0.15, -0.1) is 10.2 Å². The van der Waals surface area contributed by atoms with Crippen molar-refractivity contribution in [2.24, 2.45) is 0 Å². The Morgan fingerprint density at radius 2 is 1.76 bits per heavy atom. The first-order valence-corrected chi connectivity index (χ1v) is 11.0. The molecule has 0 saturated carbocycles. The van der Waals surface area contributed by atoms with Crippen LogP contribution in [0.25, 0.3) is 11.4 Å². The average molecular weight is 405 g/mol. The van der Waals surface area contributed by atoms with Crippen molar-refractivity contribution < 1.29 is 4.79 Å². The molecule has 0 bridgehead atoms. The van der Waals surface area contributed by atoms with Gasteiger partial charge in [0.05, 0.1) is 5.75 Å². The zero-order valence-electron chi connectivity index (χ0n) is 16.8. The topological polar surface area (TPSA) is 51.0 Å². The van der Waals surface area contributed by atoms with Crippen LogP contribution in [0.1, 0.15) is 30.5 Å². The number of rotatable bonds is 3. The van der Waals surface area contributed by atoms with Crippen molar-refractivity contribution in [3.05, 3.63) is 65.2 Å². The van der Waals surface area contributed by atoms with Crippen molar-refractivity contribution in [2.45, 2.75) is 43.9 Å². The number of carbonyl (C=O) groups excluding carboxylic acids is 1. The summed E-state index contributed by atoms with van der Waals surface area (Å²) in [6, 6.07) is 16.8. The lowest BCUT2D eigenvalue weighted by Crippen LogP contribution is -2.37. The van der Waals surface area contributed by atoms with Crippen LogP contribution in [-0.2, 0) is 29.7 Å². The highest BCUT2D eigenvalue weighted by Gasteiger charge is 2.34. The Balaban J connectivity index is 1.34. The summed E-state index contributed by atoms with van der Waals surface area (Å²) in [5.41, 5.74) is 4.94. The summed E-state index contributed by atoms with van der Waals surface area (Å²) >= 11 is 1.50. The van der Waals surface area contributed by atoms with Gasteiger partial charge in [-0.2, -0.15) is 0 Å². The molecule has 0 atom stereocenters. The van der Waals surface area contributed by atoms with Gasteiger partial charge in [0.2, 0.25) is 5.91 Å². The molecule has 0 saturated heterocycles. The van der Waals surface area contributed by atoms with Crippen LogP contribution in [0.4, 0.5) is 0 Å². The zero-order valence-corrected chi connectivity index (χ0v) is 17.6. The van der Waals surface area contributed by atoms with E-state index in [2.05, 4.69) is 65.0 Å². The maximum atomic E-state index is 12.9. The summed E-state index contributed by atoms with van der Waals surface area (Å²) in [5, 5.41) is 9.76. The highest BCUT2D eigenvalue weighted by Crippen LogP contribution is 2.39. The molecule has 2 aliphatic rings. The molecule has 29 heavy (non-hydrogen) atoms. The van der Waals surface area contributed by atoms with Gasteiger partial charge in [0.1, 0.15) is 0 Å². The minimum absolute atomic E-state index is 0.122. The molecular formula is C23H24N4OS. The fourth-order valence-corrected chi connectivity index (χ4v) is 5.44. The molecule has 148 valence electrons. The normalized spacial score (nSPS) is 16.7. The summed E-state index contributed by atoms with van der Waals surface area (Å²) in [5.74, 6) is 1.45. The molecule has 2 aliphatic heterocycles. The van der Waals surface area contributed by atoms with Crippen molar-refractivity contribution in [1.29, 1.82) is 0 Å². The quantitative estimate of drug-likeness (QED) is 0.621. The Morgan fingerprint density at radius 3 is 2.59 bits per heavy atom. The van der Waals surface area contributed by atoms with E-state index in [1.807, 2.05) is 17.0 Å². The van der Waals surface area contributed by atoms with E-state index in [0.717, 1.165) is 35.9 Å². The molecule has 0 spiro atoms. The Kier molecular flexibility index (Phi) is 4.46. The number of amides is 1. The second-order valence-electron chi connectivity index (χ2n) is 8.41. The summed E-state index contributed by atoms with van der Waals surface area (Å²) in [6.45, 7) is 5.91. The third-order valence-electron chi connectivity index (χ3n) is 5.93. The highest BCUT2D eigenvalue weighted by atomic mass is 32.2. The molecule has 5 rings (SSSR count). The summed E-state index contributed by atoms with van der Waals surface area (Å²) in [4.78, 5) is 14.8. The van der Waals surface area contributed by atoms with Gasteiger partial charge in [0.25, 0.3) is 0 Å². The van der Waals surface area contributed by atoms with E-state index < -0.39 is 0 Å². The Bertz CT molecular complexity index is 1090. The van der Waals surface area contributed by atoms with Gasteiger partial charge in [-0.3, -0.25) is 9.36 Å². The fourth-order valence-electron chi connectivity index (χ4n) is 4.45. The van der Waals surface area contributed by atoms with Crippen LogP contribution in [0, 0.1) is 0 Å². The van der Waals surface area contributed by atoms with E-state index in [0.29, 0.717) is 12.3 Å². The van der Waals surface area contributed by atoms with Gasteiger partial charge in [-0.1, -0.05) is 60.3 Å². The molecule has 0 fully saturated rings. The maximum Gasteiger partial charge on any atom is 0.233 e. The van der Waals surface area contributed by atoms with Crippen LogP contribution in [0.3, 0.4) is 0 Å². The summed E-state index contributed by atoms with van der Waals surface area (Å²) in [7, 11) is 0. The largest absolute Gasteiger partial charge is 0.337 e. The molecule has 0 aliphatic carbocycles. The highest BCUT2D eigenvalue weighted by molar-refractivity contribution is 7.99. The second kappa shape index (κ2) is 7.02. The Hall–Kier alpha value is -2.60. The van der Waals surface area contributed by atoms with E-state index in [1.165, 1.54) is 28.5 Å². The molecule has 3 aromatic rings.